The van der Waals surface area contributed by atoms with Gasteiger partial charge in [-0.25, -0.2) is 0 Å². The maximum atomic E-state index is 10.4. The molecule has 0 radical (unpaired) electrons. The van der Waals surface area contributed by atoms with Gasteiger partial charge in [0.05, 0.1) is 0 Å². The number of fused-ring (bicyclic) bond motifs is 1. The fourth-order valence-corrected chi connectivity index (χ4v) is 5.09. The average molecular weight is 445 g/mol. The lowest BCUT2D eigenvalue weighted by atomic mass is 9.83. The van der Waals surface area contributed by atoms with Crippen molar-refractivity contribution in [2.24, 2.45) is 0 Å². The molecule has 0 saturated carbocycles. The van der Waals surface area contributed by atoms with Gasteiger partial charge in [-0.15, -0.1) is 0 Å². The van der Waals surface area contributed by atoms with Crippen LogP contribution in [0.5, 0.6) is 11.5 Å². The van der Waals surface area contributed by atoms with Gasteiger partial charge in [-0.2, -0.15) is 0 Å². The van der Waals surface area contributed by atoms with Crippen LogP contribution in [0.15, 0.2) is 12.1 Å². The van der Waals surface area contributed by atoms with Crippen LogP contribution in [0.3, 0.4) is 0 Å². The van der Waals surface area contributed by atoms with E-state index >= 15 is 0 Å². The van der Waals surface area contributed by atoms with Crippen LogP contribution in [-0.4, -0.2) is 10.7 Å². The molecule has 1 aromatic carbocycles. The highest BCUT2D eigenvalue weighted by Gasteiger charge is 2.32. The first-order valence-corrected chi connectivity index (χ1v) is 13.8. The largest absolute Gasteiger partial charge is 0.508 e. The Morgan fingerprint density at radius 1 is 0.812 bits per heavy atom. The fraction of sp³-hybridized carbons (Fsp3) is 0.800. The molecule has 0 aliphatic carbocycles. The first kappa shape index (κ1) is 27.1. The van der Waals surface area contributed by atoms with Crippen LogP contribution in [0.4, 0.5) is 0 Å². The average Bonchev–Trinajstić information content (AvgIpc) is 2.73. The summed E-state index contributed by atoms with van der Waals surface area (Å²) >= 11 is 0. The zero-order valence-electron chi connectivity index (χ0n) is 22.0. The van der Waals surface area contributed by atoms with Crippen LogP contribution in [0.2, 0.25) is 0 Å². The zero-order valence-corrected chi connectivity index (χ0v) is 22.0. The molecule has 0 amide bonds. The molecule has 2 nitrogen and oxygen atoms in total. The molecule has 2 rings (SSSR count). The number of hydrogen-bond donors (Lipinski definition) is 1. The number of ether oxygens (including phenoxy) is 1. The third-order valence-electron chi connectivity index (χ3n) is 7.33. The van der Waals surface area contributed by atoms with Crippen LogP contribution < -0.4 is 4.74 Å². The molecule has 184 valence electrons. The zero-order chi connectivity index (χ0) is 23.5. The molecule has 1 heterocycles. The van der Waals surface area contributed by atoms with Gasteiger partial charge in [0.25, 0.3) is 0 Å². The number of rotatable bonds is 15. The second-order valence-corrected chi connectivity index (χ2v) is 11.6. The molecule has 0 spiro atoms. The van der Waals surface area contributed by atoms with Gasteiger partial charge in [-0.1, -0.05) is 111 Å². The van der Waals surface area contributed by atoms with Gasteiger partial charge in [0.2, 0.25) is 0 Å². The summed E-state index contributed by atoms with van der Waals surface area (Å²) < 4.78 is 6.51. The van der Waals surface area contributed by atoms with Crippen molar-refractivity contribution in [2.45, 2.75) is 155 Å². The summed E-state index contributed by atoms with van der Waals surface area (Å²) in [5.41, 5.74) is 2.01. The second kappa shape index (κ2) is 13.5. The first-order chi connectivity index (χ1) is 15.2. The maximum Gasteiger partial charge on any atom is 0.123 e. The van der Waals surface area contributed by atoms with E-state index in [4.69, 9.17) is 4.74 Å². The minimum absolute atomic E-state index is 0.0593. The Balaban J connectivity index is 1.58. The molecule has 1 aliphatic rings. The molecule has 1 N–H and O–H groups in total. The summed E-state index contributed by atoms with van der Waals surface area (Å²) in [7, 11) is 0. The highest BCUT2D eigenvalue weighted by molar-refractivity contribution is 5.49. The SMILES string of the molecule is CCCCCCCCCCCCCCCCC1(C)CCc2cc(O)c(C(C)(C)C)cc2O1. The Morgan fingerprint density at radius 2 is 1.31 bits per heavy atom. The van der Waals surface area contributed by atoms with Crippen molar-refractivity contribution in [1.82, 2.24) is 0 Å². The van der Waals surface area contributed by atoms with E-state index < -0.39 is 0 Å². The van der Waals surface area contributed by atoms with Crippen molar-refractivity contribution in [3.63, 3.8) is 0 Å². The molecule has 0 aromatic heterocycles. The van der Waals surface area contributed by atoms with Crippen molar-refractivity contribution >= 4 is 0 Å². The van der Waals surface area contributed by atoms with Crippen LogP contribution >= 0.6 is 0 Å². The number of unbranched alkanes of at least 4 members (excludes halogenated alkanes) is 13. The van der Waals surface area contributed by atoms with Crippen LogP contribution in [0.1, 0.15) is 148 Å². The fourth-order valence-electron chi connectivity index (χ4n) is 5.09. The number of phenols is 1. The highest BCUT2D eigenvalue weighted by atomic mass is 16.5. The van der Waals surface area contributed by atoms with Gasteiger partial charge in [-0.3, -0.25) is 0 Å². The summed E-state index contributed by atoms with van der Waals surface area (Å²) in [5, 5.41) is 10.4. The minimum atomic E-state index is -0.0784. The summed E-state index contributed by atoms with van der Waals surface area (Å²) in [5.74, 6) is 1.40. The van der Waals surface area contributed by atoms with Gasteiger partial charge in [0.1, 0.15) is 17.1 Å². The van der Waals surface area contributed by atoms with Gasteiger partial charge in [0.15, 0.2) is 0 Å². The first-order valence-electron chi connectivity index (χ1n) is 13.8. The Morgan fingerprint density at radius 3 is 1.81 bits per heavy atom. The lowest BCUT2D eigenvalue weighted by Crippen LogP contribution is -2.36. The summed E-state index contributed by atoms with van der Waals surface area (Å²) in [6.45, 7) is 11.0. The van der Waals surface area contributed by atoms with E-state index in [0.717, 1.165) is 36.1 Å². The molecular weight excluding hydrogens is 392 g/mol. The Kier molecular flexibility index (Phi) is 11.4. The Labute approximate surface area is 199 Å². The predicted octanol–water partition coefficient (Wildman–Crippen LogP) is 9.64. The van der Waals surface area contributed by atoms with E-state index in [9.17, 15) is 5.11 Å². The number of aryl methyl sites for hydroxylation is 1. The number of hydrogen-bond acceptors (Lipinski definition) is 2. The predicted molar refractivity (Wildman–Crippen MR) is 139 cm³/mol. The van der Waals surface area contributed by atoms with E-state index in [-0.39, 0.29) is 11.0 Å². The van der Waals surface area contributed by atoms with Crippen LogP contribution in [-0.2, 0) is 11.8 Å². The summed E-state index contributed by atoms with van der Waals surface area (Å²) in [6.07, 6.45) is 22.8. The van der Waals surface area contributed by atoms with Crippen LogP contribution in [0.25, 0.3) is 0 Å². The van der Waals surface area contributed by atoms with Crippen LogP contribution in [0, 0.1) is 0 Å². The number of aromatic hydroxyl groups is 1. The molecule has 2 heteroatoms. The lowest BCUT2D eigenvalue weighted by Gasteiger charge is -2.37. The van der Waals surface area contributed by atoms with Crippen molar-refractivity contribution in [3.05, 3.63) is 23.3 Å². The van der Waals surface area contributed by atoms with Crippen molar-refractivity contribution in [2.75, 3.05) is 0 Å². The van der Waals surface area contributed by atoms with Gasteiger partial charge in [-0.05, 0) is 55.7 Å². The molecule has 1 aromatic rings. The molecule has 1 aliphatic heterocycles. The lowest BCUT2D eigenvalue weighted by molar-refractivity contribution is 0.0531. The Bertz CT molecular complexity index is 658. The molecule has 0 bridgehead atoms. The van der Waals surface area contributed by atoms with E-state index in [1.54, 1.807) is 0 Å². The highest BCUT2D eigenvalue weighted by Crippen LogP contribution is 2.42. The smallest absolute Gasteiger partial charge is 0.123 e. The third-order valence-corrected chi connectivity index (χ3v) is 7.33. The normalized spacial score (nSPS) is 18.4. The Hall–Kier alpha value is -1.18. The standard InChI is InChI=1S/C30H52O2/c1-6-7-8-9-10-11-12-13-14-15-16-17-18-19-21-30(5)22-20-25-23-27(31)26(29(2,3)4)24-28(25)32-30/h23-24,31H,6-22H2,1-5H3. The third kappa shape index (κ3) is 9.36. The molecule has 1 unspecified atom stereocenters. The van der Waals surface area contributed by atoms with E-state index in [1.165, 1.54) is 89.9 Å². The topological polar surface area (TPSA) is 29.5 Å². The number of benzene rings is 1. The van der Waals surface area contributed by atoms with Crippen molar-refractivity contribution < 1.29 is 9.84 Å². The van der Waals surface area contributed by atoms with Gasteiger partial charge < -0.3 is 9.84 Å². The number of phenolic OH excluding ortho intramolecular Hbond substituents is 1. The van der Waals surface area contributed by atoms with Crippen molar-refractivity contribution in [3.8, 4) is 11.5 Å². The quantitative estimate of drug-likeness (QED) is 0.273. The van der Waals surface area contributed by atoms with Gasteiger partial charge in [0, 0.05) is 5.56 Å². The molecule has 0 fully saturated rings. The second-order valence-electron chi connectivity index (χ2n) is 11.6. The van der Waals surface area contributed by atoms with Crippen molar-refractivity contribution in [1.29, 1.82) is 0 Å². The molecular formula is C30H52O2. The monoisotopic (exact) mass is 444 g/mol. The van der Waals surface area contributed by atoms with E-state index in [1.807, 2.05) is 6.07 Å². The summed E-state index contributed by atoms with van der Waals surface area (Å²) in [6, 6.07) is 4.02. The van der Waals surface area contributed by atoms with Gasteiger partial charge >= 0.3 is 0 Å². The maximum absolute atomic E-state index is 10.4. The summed E-state index contributed by atoms with van der Waals surface area (Å²) in [4.78, 5) is 0. The van der Waals surface area contributed by atoms with E-state index in [2.05, 4.69) is 40.7 Å². The molecule has 32 heavy (non-hydrogen) atoms. The minimum Gasteiger partial charge on any atom is -0.508 e. The molecule has 1 atom stereocenters. The van der Waals surface area contributed by atoms with E-state index in [0.29, 0.717) is 5.75 Å². The molecule has 0 saturated heterocycles.